The molecule has 92 valence electrons. The molecule has 0 aliphatic rings. The highest BCUT2D eigenvalue weighted by atomic mass is 14.5. The Morgan fingerprint density at radius 2 is 0.889 bits per heavy atom. The molecule has 0 fully saturated rings. The van der Waals surface area contributed by atoms with Crippen LogP contribution in [0.4, 0.5) is 11.4 Å². The molecule has 2 rings (SSSR count). The summed E-state index contributed by atoms with van der Waals surface area (Å²) in [7, 11) is 0. The van der Waals surface area contributed by atoms with E-state index in [0.29, 0.717) is 0 Å². The average Bonchev–Trinajstić information content (AvgIpc) is 2.39. The van der Waals surface area contributed by atoms with Gasteiger partial charge in [0.15, 0.2) is 0 Å². The summed E-state index contributed by atoms with van der Waals surface area (Å²) in [4.78, 5) is 0. The summed E-state index contributed by atoms with van der Waals surface area (Å²) in [6.07, 6.45) is 0. The van der Waals surface area contributed by atoms with Gasteiger partial charge in [-0.1, -0.05) is 24.3 Å². The van der Waals surface area contributed by atoms with Gasteiger partial charge >= 0.3 is 0 Å². The van der Waals surface area contributed by atoms with Gasteiger partial charge in [0, 0.05) is 11.4 Å². The molecule has 18 heavy (non-hydrogen) atoms. The fourth-order valence-corrected chi connectivity index (χ4v) is 1.90. The standard InChI is InChI=1S/C16H18N2/c1-11(13-3-7-15(17)8-4-13)12(2)14-5-9-16(18)10-6-14/h3-10H,17-18H2,1-2H3. The highest BCUT2D eigenvalue weighted by molar-refractivity contribution is 5.89. The van der Waals surface area contributed by atoms with Gasteiger partial charge in [0.1, 0.15) is 0 Å². The molecule has 2 aromatic rings. The maximum atomic E-state index is 5.70. The average molecular weight is 238 g/mol. The van der Waals surface area contributed by atoms with Gasteiger partial charge in [-0.05, 0) is 60.4 Å². The van der Waals surface area contributed by atoms with E-state index < -0.39 is 0 Å². The van der Waals surface area contributed by atoms with Crippen molar-refractivity contribution in [2.75, 3.05) is 11.5 Å². The third-order valence-electron chi connectivity index (χ3n) is 3.25. The summed E-state index contributed by atoms with van der Waals surface area (Å²) in [6.45, 7) is 4.24. The van der Waals surface area contributed by atoms with E-state index in [2.05, 4.69) is 13.8 Å². The van der Waals surface area contributed by atoms with Crippen LogP contribution in [0.1, 0.15) is 25.0 Å². The smallest absolute Gasteiger partial charge is 0.0314 e. The van der Waals surface area contributed by atoms with E-state index in [1.165, 1.54) is 22.3 Å². The molecule has 0 saturated carbocycles. The minimum Gasteiger partial charge on any atom is -0.399 e. The fourth-order valence-electron chi connectivity index (χ4n) is 1.90. The van der Waals surface area contributed by atoms with Gasteiger partial charge in [0.25, 0.3) is 0 Å². The fraction of sp³-hybridized carbons (Fsp3) is 0.125. The highest BCUT2D eigenvalue weighted by Crippen LogP contribution is 2.26. The lowest BCUT2D eigenvalue weighted by Gasteiger charge is -2.09. The predicted octanol–water partition coefficient (Wildman–Crippen LogP) is 3.80. The monoisotopic (exact) mass is 238 g/mol. The Morgan fingerprint density at radius 1 is 0.611 bits per heavy atom. The molecule has 0 spiro atoms. The molecular formula is C16H18N2. The van der Waals surface area contributed by atoms with Crippen LogP contribution in [0, 0.1) is 0 Å². The zero-order valence-corrected chi connectivity index (χ0v) is 10.8. The van der Waals surface area contributed by atoms with Crippen LogP contribution in [0.15, 0.2) is 48.5 Å². The van der Waals surface area contributed by atoms with Crippen molar-refractivity contribution < 1.29 is 0 Å². The molecule has 0 radical (unpaired) electrons. The lowest BCUT2D eigenvalue weighted by molar-refractivity contribution is 1.51. The Hall–Kier alpha value is -2.22. The summed E-state index contributed by atoms with van der Waals surface area (Å²) in [5.74, 6) is 0. The van der Waals surface area contributed by atoms with Crippen LogP contribution in [-0.2, 0) is 0 Å². The Morgan fingerprint density at radius 3 is 1.17 bits per heavy atom. The summed E-state index contributed by atoms with van der Waals surface area (Å²) >= 11 is 0. The number of hydrogen-bond donors (Lipinski definition) is 2. The van der Waals surface area contributed by atoms with Crippen LogP contribution >= 0.6 is 0 Å². The number of anilines is 2. The van der Waals surface area contributed by atoms with Crippen molar-refractivity contribution in [2.24, 2.45) is 0 Å². The quantitative estimate of drug-likeness (QED) is 0.617. The van der Waals surface area contributed by atoms with Crippen molar-refractivity contribution in [2.45, 2.75) is 13.8 Å². The van der Waals surface area contributed by atoms with Crippen LogP contribution in [0.5, 0.6) is 0 Å². The molecule has 0 heterocycles. The molecule has 0 unspecified atom stereocenters. The zero-order valence-electron chi connectivity index (χ0n) is 10.8. The summed E-state index contributed by atoms with van der Waals surface area (Å²) in [5, 5.41) is 0. The van der Waals surface area contributed by atoms with Gasteiger partial charge in [-0.3, -0.25) is 0 Å². The van der Waals surface area contributed by atoms with Crippen molar-refractivity contribution in [3.63, 3.8) is 0 Å². The Bertz CT molecular complexity index is 510. The number of nitrogens with two attached hydrogens (primary N) is 2. The first-order valence-electron chi connectivity index (χ1n) is 5.97. The van der Waals surface area contributed by atoms with Crippen molar-refractivity contribution in [1.82, 2.24) is 0 Å². The van der Waals surface area contributed by atoms with Gasteiger partial charge < -0.3 is 11.5 Å². The number of nitrogen functional groups attached to an aromatic ring is 2. The second kappa shape index (κ2) is 4.96. The number of allylic oxidation sites excluding steroid dienone is 2. The second-order valence-electron chi connectivity index (χ2n) is 4.49. The Balaban J connectivity index is 2.40. The second-order valence-corrected chi connectivity index (χ2v) is 4.49. The van der Waals surface area contributed by atoms with Gasteiger partial charge in [0.05, 0.1) is 0 Å². The van der Waals surface area contributed by atoms with Crippen molar-refractivity contribution >= 4 is 22.5 Å². The van der Waals surface area contributed by atoms with Gasteiger partial charge in [-0.15, -0.1) is 0 Å². The molecule has 0 atom stereocenters. The number of rotatable bonds is 2. The molecule has 0 aromatic heterocycles. The molecule has 0 bridgehead atoms. The Labute approximate surface area is 108 Å². The molecular weight excluding hydrogens is 220 g/mol. The first-order chi connectivity index (χ1) is 8.58. The van der Waals surface area contributed by atoms with Crippen LogP contribution < -0.4 is 11.5 Å². The molecule has 0 aliphatic heterocycles. The molecule has 0 aliphatic carbocycles. The minimum atomic E-state index is 0.789. The predicted molar refractivity (Wildman–Crippen MR) is 79.9 cm³/mol. The molecule has 0 amide bonds. The number of hydrogen-bond acceptors (Lipinski definition) is 2. The van der Waals surface area contributed by atoms with Crippen LogP contribution in [0.3, 0.4) is 0 Å². The number of benzene rings is 2. The molecule has 2 nitrogen and oxygen atoms in total. The summed E-state index contributed by atoms with van der Waals surface area (Å²) in [5.41, 5.74) is 17.9. The van der Waals surface area contributed by atoms with Crippen LogP contribution in [0.25, 0.3) is 11.1 Å². The van der Waals surface area contributed by atoms with E-state index in [9.17, 15) is 0 Å². The lowest BCUT2D eigenvalue weighted by Crippen LogP contribution is -1.89. The first kappa shape index (κ1) is 12.2. The third-order valence-corrected chi connectivity index (χ3v) is 3.25. The minimum absolute atomic E-state index is 0.789. The van der Waals surface area contributed by atoms with E-state index in [-0.39, 0.29) is 0 Å². The van der Waals surface area contributed by atoms with Gasteiger partial charge in [-0.25, -0.2) is 0 Å². The molecule has 2 aromatic carbocycles. The third kappa shape index (κ3) is 2.54. The largest absolute Gasteiger partial charge is 0.399 e. The van der Waals surface area contributed by atoms with E-state index in [1.807, 2.05) is 48.5 Å². The van der Waals surface area contributed by atoms with Crippen molar-refractivity contribution in [3.8, 4) is 0 Å². The SMILES string of the molecule is CC(=C(C)c1ccc(N)cc1)c1ccc(N)cc1. The normalized spacial score (nSPS) is 12.1. The zero-order chi connectivity index (χ0) is 13.1. The maximum absolute atomic E-state index is 5.70. The van der Waals surface area contributed by atoms with Crippen LogP contribution in [0.2, 0.25) is 0 Å². The molecule has 4 N–H and O–H groups in total. The van der Waals surface area contributed by atoms with Gasteiger partial charge in [0.2, 0.25) is 0 Å². The lowest BCUT2D eigenvalue weighted by atomic mass is 9.97. The molecule has 2 heteroatoms. The van der Waals surface area contributed by atoms with E-state index >= 15 is 0 Å². The van der Waals surface area contributed by atoms with Crippen LogP contribution in [-0.4, -0.2) is 0 Å². The first-order valence-corrected chi connectivity index (χ1v) is 5.97. The maximum Gasteiger partial charge on any atom is 0.0314 e. The van der Waals surface area contributed by atoms with E-state index in [0.717, 1.165) is 11.4 Å². The summed E-state index contributed by atoms with van der Waals surface area (Å²) in [6, 6.07) is 15.9. The van der Waals surface area contributed by atoms with Gasteiger partial charge in [-0.2, -0.15) is 0 Å². The van der Waals surface area contributed by atoms with Crippen molar-refractivity contribution in [3.05, 3.63) is 59.7 Å². The Kier molecular flexibility index (Phi) is 3.38. The summed E-state index contributed by atoms with van der Waals surface area (Å²) < 4.78 is 0. The topological polar surface area (TPSA) is 52.0 Å². The molecule has 0 saturated heterocycles. The van der Waals surface area contributed by atoms with Crippen molar-refractivity contribution in [1.29, 1.82) is 0 Å². The van der Waals surface area contributed by atoms with E-state index in [1.54, 1.807) is 0 Å². The highest BCUT2D eigenvalue weighted by Gasteiger charge is 2.03. The van der Waals surface area contributed by atoms with E-state index in [4.69, 9.17) is 11.5 Å².